The van der Waals surface area contributed by atoms with Crippen molar-refractivity contribution in [1.29, 1.82) is 0 Å². The number of benzene rings is 1. The fraction of sp³-hybridized carbons (Fsp3) is 0.353. The van der Waals surface area contributed by atoms with E-state index in [1.807, 2.05) is 20.8 Å². The van der Waals surface area contributed by atoms with Crippen LogP contribution < -0.4 is 14.8 Å². The molecule has 0 aliphatic carbocycles. The molecule has 0 saturated carbocycles. The third-order valence-electron chi connectivity index (χ3n) is 2.94. The quantitative estimate of drug-likeness (QED) is 0.382. The van der Waals surface area contributed by atoms with E-state index in [4.69, 9.17) is 21.1 Å². The van der Waals surface area contributed by atoms with Gasteiger partial charge in [0, 0.05) is 6.08 Å². The lowest BCUT2D eigenvalue weighted by atomic mass is 10.2. The molecule has 1 aromatic carbocycles. The molecule has 0 spiro atoms. The first-order valence-electron chi connectivity index (χ1n) is 7.92. The van der Waals surface area contributed by atoms with E-state index in [-0.39, 0.29) is 12.0 Å². The Morgan fingerprint density at radius 1 is 1.42 bits per heavy atom. The number of hydrogen-bond acceptors (Lipinski definition) is 7. The van der Waals surface area contributed by atoms with Crippen molar-refractivity contribution in [2.45, 2.75) is 31.2 Å². The standard InChI is InChI=1S/C17H20ClN3O3S2/c1-5-25-17-21-20-16(26-17)19-14(22)7-6-11-8-12(18)15(24-10(2)3)13(9-11)23-4/h6-10H,5H2,1-4H3,(H,19,20,22)/b7-6+. The van der Waals surface area contributed by atoms with Crippen LogP contribution in [-0.2, 0) is 4.79 Å². The summed E-state index contributed by atoms with van der Waals surface area (Å²) in [4.78, 5) is 12.0. The number of amides is 1. The summed E-state index contributed by atoms with van der Waals surface area (Å²) in [6.07, 6.45) is 3.02. The van der Waals surface area contributed by atoms with E-state index in [2.05, 4.69) is 15.5 Å². The molecule has 1 heterocycles. The average molecular weight is 414 g/mol. The molecule has 26 heavy (non-hydrogen) atoms. The molecule has 0 aliphatic heterocycles. The van der Waals surface area contributed by atoms with Gasteiger partial charge in [0.15, 0.2) is 15.8 Å². The number of anilines is 1. The summed E-state index contributed by atoms with van der Waals surface area (Å²) in [5, 5.41) is 11.5. The van der Waals surface area contributed by atoms with Gasteiger partial charge >= 0.3 is 0 Å². The molecule has 0 radical (unpaired) electrons. The maximum Gasteiger partial charge on any atom is 0.250 e. The maximum atomic E-state index is 12.0. The highest BCUT2D eigenvalue weighted by atomic mass is 35.5. The summed E-state index contributed by atoms with van der Waals surface area (Å²) in [7, 11) is 1.54. The predicted molar refractivity (Wildman–Crippen MR) is 108 cm³/mol. The van der Waals surface area contributed by atoms with Crippen LogP contribution >= 0.6 is 34.7 Å². The van der Waals surface area contributed by atoms with Crippen LogP contribution in [0, 0.1) is 0 Å². The molecule has 1 N–H and O–H groups in total. The third-order valence-corrected chi connectivity index (χ3v) is 5.07. The fourth-order valence-corrected chi connectivity index (χ4v) is 3.86. The fourth-order valence-electron chi connectivity index (χ4n) is 1.95. The van der Waals surface area contributed by atoms with Gasteiger partial charge in [-0.3, -0.25) is 10.1 Å². The van der Waals surface area contributed by atoms with E-state index in [0.717, 1.165) is 15.7 Å². The minimum atomic E-state index is -0.299. The van der Waals surface area contributed by atoms with Gasteiger partial charge in [0.2, 0.25) is 11.0 Å². The largest absolute Gasteiger partial charge is 0.493 e. The van der Waals surface area contributed by atoms with Crippen LogP contribution in [0.5, 0.6) is 11.5 Å². The maximum absolute atomic E-state index is 12.0. The zero-order valence-corrected chi connectivity index (χ0v) is 17.3. The van der Waals surface area contributed by atoms with Crippen molar-refractivity contribution >= 4 is 51.8 Å². The Balaban J connectivity index is 2.08. The summed E-state index contributed by atoms with van der Waals surface area (Å²) in [6.45, 7) is 5.85. The van der Waals surface area contributed by atoms with Crippen molar-refractivity contribution in [2.75, 3.05) is 18.2 Å². The number of rotatable bonds is 8. The molecule has 1 amide bonds. The SMILES string of the molecule is CCSc1nnc(NC(=O)/C=C/c2cc(Cl)c(OC(C)C)c(OC)c2)s1. The third kappa shape index (κ3) is 5.89. The molecule has 0 fully saturated rings. The first-order chi connectivity index (χ1) is 12.4. The Labute approximate surface area is 165 Å². The second kappa shape index (κ2) is 9.80. The lowest BCUT2D eigenvalue weighted by molar-refractivity contribution is -0.111. The molecular weight excluding hydrogens is 394 g/mol. The first-order valence-corrected chi connectivity index (χ1v) is 10.1. The van der Waals surface area contributed by atoms with Crippen LogP contribution in [0.25, 0.3) is 6.08 Å². The Morgan fingerprint density at radius 2 is 2.19 bits per heavy atom. The molecule has 6 nitrogen and oxygen atoms in total. The van der Waals surface area contributed by atoms with Crippen LogP contribution in [0.15, 0.2) is 22.5 Å². The number of thioether (sulfide) groups is 1. The van der Waals surface area contributed by atoms with E-state index < -0.39 is 0 Å². The number of halogens is 1. The molecule has 1 aromatic heterocycles. The first kappa shape index (κ1) is 20.5. The van der Waals surface area contributed by atoms with Gasteiger partial charge in [0.1, 0.15) is 0 Å². The van der Waals surface area contributed by atoms with Gasteiger partial charge in [-0.05, 0) is 43.4 Å². The number of nitrogens with zero attached hydrogens (tertiary/aromatic N) is 2. The van der Waals surface area contributed by atoms with E-state index in [1.165, 1.54) is 17.4 Å². The smallest absolute Gasteiger partial charge is 0.250 e. The number of aromatic nitrogens is 2. The number of carbonyl (C=O) groups excluding carboxylic acids is 1. The monoisotopic (exact) mass is 413 g/mol. The minimum absolute atomic E-state index is 0.0313. The predicted octanol–water partition coefficient (Wildman–Crippen LogP) is 4.75. The summed E-state index contributed by atoms with van der Waals surface area (Å²) >= 11 is 9.20. The molecule has 0 bridgehead atoms. The molecule has 0 atom stereocenters. The molecule has 0 unspecified atom stereocenters. The Kier molecular flexibility index (Phi) is 7.74. The van der Waals surface area contributed by atoms with Crippen LogP contribution in [0.4, 0.5) is 5.13 Å². The Hall–Kier alpha value is -1.77. The van der Waals surface area contributed by atoms with Gasteiger partial charge in [0.05, 0.1) is 18.2 Å². The number of nitrogens with one attached hydrogen (secondary N) is 1. The van der Waals surface area contributed by atoms with Crippen LogP contribution in [0.3, 0.4) is 0 Å². The normalized spacial score (nSPS) is 11.2. The molecule has 0 aliphatic rings. The second-order valence-corrected chi connectivity index (χ2v) is 8.23. The lowest BCUT2D eigenvalue weighted by Gasteiger charge is -2.15. The summed E-state index contributed by atoms with van der Waals surface area (Å²) in [5.41, 5.74) is 0.720. The highest BCUT2D eigenvalue weighted by Gasteiger charge is 2.13. The van der Waals surface area contributed by atoms with Gasteiger partial charge in [0.25, 0.3) is 0 Å². The van der Waals surface area contributed by atoms with Crippen molar-refractivity contribution in [3.8, 4) is 11.5 Å². The Bertz CT molecular complexity index is 794. The zero-order valence-electron chi connectivity index (χ0n) is 14.9. The molecule has 140 valence electrons. The van der Waals surface area contributed by atoms with Crippen LogP contribution in [0.1, 0.15) is 26.3 Å². The van der Waals surface area contributed by atoms with Crippen molar-refractivity contribution in [3.05, 3.63) is 28.8 Å². The van der Waals surface area contributed by atoms with Crippen molar-refractivity contribution in [3.63, 3.8) is 0 Å². The van der Waals surface area contributed by atoms with Crippen molar-refractivity contribution in [2.24, 2.45) is 0 Å². The highest BCUT2D eigenvalue weighted by Crippen LogP contribution is 2.37. The number of carbonyl (C=O) groups is 1. The summed E-state index contributed by atoms with van der Waals surface area (Å²) < 4.78 is 11.8. The molecule has 9 heteroatoms. The van der Waals surface area contributed by atoms with Gasteiger partial charge in [-0.25, -0.2) is 0 Å². The van der Waals surface area contributed by atoms with Gasteiger partial charge < -0.3 is 9.47 Å². The molecular formula is C17H20ClN3O3S2. The van der Waals surface area contributed by atoms with E-state index in [9.17, 15) is 4.79 Å². The molecule has 0 saturated heterocycles. The molecule has 2 rings (SSSR count). The second-order valence-electron chi connectivity index (χ2n) is 5.33. The number of ether oxygens (including phenoxy) is 2. The van der Waals surface area contributed by atoms with Crippen molar-refractivity contribution in [1.82, 2.24) is 10.2 Å². The van der Waals surface area contributed by atoms with Gasteiger partial charge in [-0.2, -0.15) is 0 Å². The van der Waals surface area contributed by atoms with Crippen LogP contribution in [0.2, 0.25) is 5.02 Å². The highest BCUT2D eigenvalue weighted by molar-refractivity contribution is 8.01. The minimum Gasteiger partial charge on any atom is -0.493 e. The van der Waals surface area contributed by atoms with Gasteiger partial charge in [-0.1, -0.05) is 41.6 Å². The summed E-state index contributed by atoms with van der Waals surface area (Å²) in [5.74, 6) is 1.60. The molecule has 2 aromatic rings. The van der Waals surface area contributed by atoms with Crippen molar-refractivity contribution < 1.29 is 14.3 Å². The topological polar surface area (TPSA) is 73.3 Å². The van der Waals surface area contributed by atoms with Crippen LogP contribution in [-0.4, -0.2) is 35.1 Å². The lowest BCUT2D eigenvalue weighted by Crippen LogP contribution is -2.08. The van der Waals surface area contributed by atoms with E-state index in [1.54, 1.807) is 37.1 Å². The average Bonchev–Trinajstić information content (AvgIpc) is 3.02. The number of methoxy groups -OCH3 is 1. The van der Waals surface area contributed by atoms with Gasteiger partial charge in [-0.15, -0.1) is 10.2 Å². The zero-order chi connectivity index (χ0) is 19.1. The van der Waals surface area contributed by atoms with E-state index in [0.29, 0.717) is 21.7 Å². The number of hydrogen-bond donors (Lipinski definition) is 1. The summed E-state index contributed by atoms with van der Waals surface area (Å²) in [6, 6.07) is 3.47. The Morgan fingerprint density at radius 3 is 2.85 bits per heavy atom. The van der Waals surface area contributed by atoms with E-state index >= 15 is 0 Å².